The Labute approximate surface area is 104 Å². The van der Waals surface area contributed by atoms with E-state index >= 15 is 0 Å². The van der Waals surface area contributed by atoms with Gasteiger partial charge in [-0.2, -0.15) is 0 Å². The van der Waals surface area contributed by atoms with E-state index in [2.05, 4.69) is 5.32 Å². The van der Waals surface area contributed by atoms with Gasteiger partial charge in [0.15, 0.2) is 0 Å². The van der Waals surface area contributed by atoms with Gasteiger partial charge in [-0.05, 0) is 6.92 Å². The van der Waals surface area contributed by atoms with E-state index in [1.807, 2.05) is 0 Å². The molecular formula is C11H19N3O4. The van der Waals surface area contributed by atoms with E-state index in [1.165, 1.54) is 24.7 Å². The first-order chi connectivity index (χ1) is 8.28. The summed E-state index contributed by atoms with van der Waals surface area (Å²) in [5, 5.41) is 21.3. The zero-order valence-corrected chi connectivity index (χ0v) is 10.8. The molecule has 0 aliphatic carbocycles. The molecule has 1 heterocycles. The highest BCUT2D eigenvalue weighted by Crippen LogP contribution is 1.99. The van der Waals surface area contributed by atoms with Crippen LogP contribution in [0.4, 0.5) is 0 Å². The summed E-state index contributed by atoms with van der Waals surface area (Å²) in [4.78, 5) is 23.2. The third-order valence-electron chi connectivity index (χ3n) is 2.68. The summed E-state index contributed by atoms with van der Waals surface area (Å²) in [7, 11) is 2.98. The van der Waals surface area contributed by atoms with Crippen LogP contribution in [-0.2, 0) is 20.6 Å². The molecule has 0 bridgehead atoms. The fraction of sp³-hybridized carbons (Fsp3) is 0.636. The van der Waals surface area contributed by atoms with Gasteiger partial charge in [-0.25, -0.2) is 4.79 Å². The molecule has 0 spiro atoms. The summed E-state index contributed by atoms with van der Waals surface area (Å²) in [5.74, 6) is 0. The second-order valence-electron chi connectivity index (χ2n) is 4.67. The molecule has 18 heavy (non-hydrogen) atoms. The lowest BCUT2D eigenvalue weighted by Gasteiger charge is -2.20. The summed E-state index contributed by atoms with van der Waals surface area (Å²) in [6.07, 6.45) is 1.46. The third kappa shape index (κ3) is 3.28. The molecular weight excluding hydrogens is 238 g/mol. The van der Waals surface area contributed by atoms with Gasteiger partial charge in [-0.1, -0.05) is 0 Å². The molecule has 0 aliphatic heterocycles. The fourth-order valence-corrected chi connectivity index (χ4v) is 1.53. The summed E-state index contributed by atoms with van der Waals surface area (Å²) in [5.41, 5.74) is -1.56. The Morgan fingerprint density at radius 2 is 2.00 bits per heavy atom. The Bertz CT molecular complexity index is 530. The molecule has 0 radical (unpaired) electrons. The van der Waals surface area contributed by atoms with Gasteiger partial charge in [-0.15, -0.1) is 0 Å². The Morgan fingerprint density at radius 3 is 2.56 bits per heavy atom. The van der Waals surface area contributed by atoms with E-state index in [9.17, 15) is 14.7 Å². The highest BCUT2D eigenvalue weighted by molar-refractivity contribution is 5.05. The van der Waals surface area contributed by atoms with Gasteiger partial charge >= 0.3 is 5.69 Å². The van der Waals surface area contributed by atoms with Crippen molar-refractivity contribution in [3.05, 3.63) is 32.6 Å². The largest absolute Gasteiger partial charge is 0.393 e. The fourth-order valence-electron chi connectivity index (χ4n) is 1.53. The van der Waals surface area contributed by atoms with E-state index in [-0.39, 0.29) is 30.9 Å². The van der Waals surface area contributed by atoms with Crippen LogP contribution >= 0.6 is 0 Å². The minimum absolute atomic E-state index is 0.148. The van der Waals surface area contributed by atoms with Gasteiger partial charge in [0.2, 0.25) is 0 Å². The van der Waals surface area contributed by atoms with E-state index in [0.717, 1.165) is 4.57 Å². The number of aryl methyl sites for hydroxylation is 1. The topological polar surface area (TPSA) is 96.5 Å². The molecule has 0 aromatic carbocycles. The maximum absolute atomic E-state index is 11.8. The number of aromatic nitrogens is 2. The van der Waals surface area contributed by atoms with Crippen molar-refractivity contribution < 1.29 is 10.2 Å². The van der Waals surface area contributed by atoms with Crippen LogP contribution in [0, 0.1) is 0 Å². The van der Waals surface area contributed by atoms with Gasteiger partial charge < -0.3 is 20.1 Å². The summed E-state index contributed by atoms with van der Waals surface area (Å²) in [6, 6.07) is 0. The molecule has 1 unspecified atom stereocenters. The van der Waals surface area contributed by atoms with Crippen LogP contribution in [0.1, 0.15) is 12.5 Å². The third-order valence-corrected chi connectivity index (χ3v) is 2.68. The van der Waals surface area contributed by atoms with Gasteiger partial charge in [0.05, 0.1) is 12.2 Å². The second kappa shape index (κ2) is 5.47. The zero-order chi connectivity index (χ0) is 13.9. The lowest BCUT2D eigenvalue weighted by molar-refractivity contribution is 0.00250. The SMILES string of the molecule is Cn1cc(CNCC(C)(O)CO)c(=O)n(C)c1=O. The normalized spacial score (nSPS) is 14.5. The van der Waals surface area contributed by atoms with E-state index in [1.54, 1.807) is 7.05 Å². The predicted molar refractivity (Wildman–Crippen MR) is 66.3 cm³/mol. The standard InChI is InChI=1S/C11H19N3O4/c1-11(18,7-15)6-12-4-8-5-13(2)10(17)14(3)9(8)16/h5,12,15,18H,4,6-7H2,1-3H3. The number of aliphatic hydroxyl groups is 2. The summed E-state index contributed by atoms with van der Waals surface area (Å²) >= 11 is 0. The number of hydrogen-bond acceptors (Lipinski definition) is 5. The highest BCUT2D eigenvalue weighted by atomic mass is 16.3. The monoisotopic (exact) mass is 257 g/mol. The van der Waals surface area contributed by atoms with Gasteiger partial charge in [-0.3, -0.25) is 9.36 Å². The van der Waals surface area contributed by atoms with E-state index < -0.39 is 5.60 Å². The van der Waals surface area contributed by atoms with E-state index in [0.29, 0.717) is 5.56 Å². The Balaban J connectivity index is 2.82. The number of aliphatic hydroxyl groups excluding tert-OH is 1. The van der Waals surface area contributed by atoms with Crippen molar-refractivity contribution >= 4 is 0 Å². The lowest BCUT2D eigenvalue weighted by Crippen LogP contribution is -2.43. The van der Waals surface area contributed by atoms with E-state index in [4.69, 9.17) is 5.11 Å². The van der Waals surface area contributed by atoms with Crippen molar-refractivity contribution in [3.63, 3.8) is 0 Å². The maximum atomic E-state index is 11.8. The van der Waals surface area contributed by atoms with Gasteiger partial charge in [0, 0.05) is 38.9 Å². The molecule has 0 aliphatic rings. The van der Waals surface area contributed by atoms with Crippen molar-refractivity contribution in [1.29, 1.82) is 0 Å². The summed E-state index contributed by atoms with van der Waals surface area (Å²) in [6.45, 7) is 1.48. The van der Waals surface area contributed by atoms with Gasteiger partial charge in [0.1, 0.15) is 0 Å². The Hall–Kier alpha value is -1.44. The molecule has 1 aromatic rings. The van der Waals surface area contributed by atoms with Crippen LogP contribution in [0.25, 0.3) is 0 Å². The number of nitrogens with zero attached hydrogens (tertiary/aromatic N) is 2. The van der Waals surface area contributed by atoms with Crippen LogP contribution < -0.4 is 16.6 Å². The van der Waals surface area contributed by atoms with Gasteiger partial charge in [0.25, 0.3) is 5.56 Å². The smallest absolute Gasteiger partial charge is 0.330 e. The van der Waals surface area contributed by atoms with Crippen LogP contribution in [0.15, 0.2) is 15.8 Å². The Morgan fingerprint density at radius 1 is 1.39 bits per heavy atom. The van der Waals surface area contributed by atoms with Crippen molar-refractivity contribution in [2.24, 2.45) is 14.1 Å². The highest BCUT2D eigenvalue weighted by Gasteiger charge is 2.18. The van der Waals surface area contributed by atoms with Crippen molar-refractivity contribution in [2.45, 2.75) is 19.1 Å². The molecule has 0 saturated carbocycles. The van der Waals surface area contributed by atoms with Crippen molar-refractivity contribution in [3.8, 4) is 0 Å². The number of hydrogen-bond donors (Lipinski definition) is 3. The molecule has 0 amide bonds. The predicted octanol–water partition coefficient (Wildman–Crippen LogP) is -2.08. The maximum Gasteiger partial charge on any atom is 0.330 e. The zero-order valence-electron chi connectivity index (χ0n) is 10.8. The molecule has 102 valence electrons. The first kappa shape index (κ1) is 14.6. The minimum Gasteiger partial charge on any atom is -0.393 e. The van der Waals surface area contributed by atoms with Crippen molar-refractivity contribution in [1.82, 2.24) is 14.5 Å². The number of rotatable bonds is 5. The molecule has 7 nitrogen and oxygen atoms in total. The molecule has 3 N–H and O–H groups in total. The Kier molecular flexibility index (Phi) is 4.44. The molecule has 1 atom stereocenters. The molecule has 1 rings (SSSR count). The molecule has 0 fully saturated rings. The minimum atomic E-state index is -1.23. The quantitative estimate of drug-likeness (QED) is 0.562. The molecule has 0 saturated heterocycles. The average molecular weight is 257 g/mol. The van der Waals surface area contributed by atoms with Crippen LogP contribution in [0.3, 0.4) is 0 Å². The van der Waals surface area contributed by atoms with Crippen LogP contribution in [-0.4, -0.2) is 38.1 Å². The van der Waals surface area contributed by atoms with Crippen LogP contribution in [0.2, 0.25) is 0 Å². The first-order valence-electron chi connectivity index (χ1n) is 5.58. The second-order valence-corrected chi connectivity index (χ2v) is 4.67. The van der Waals surface area contributed by atoms with Crippen LogP contribution in [0.5, 0.6) is 0 Å². The lowest BCUT2D eigenvalue weighted by atomic mass is 10.1. The molecule has 1 aromatic heterocycles. The van der Waals surface area contributed by atoms with Crippen molar-refractivity contribution in [2.75, 3.05) is 13.2 Å². The summed E-state index contributed by atoms with van der Waals surface area (Å²) < 4.78 is 2.35. The number of nitrogens with one attached hydrogen (secondary N) is 1. The first-order valence-corrected chi connectivity index (χ1v) is 5.58. The molecule has 7 heteroatoms. The average Bonchev–Trinajstić information content (AvgIpc) is 2.33.